The molecule has 12 nitrogen and oxygen atoms in total. The van der Waals surface area contributed by atoms with E-state index in [9.17, 15) is 24.0 Å². The number of hydrogen-bond donors (Lipinski definition) is 7. The van der Waals surface area contributed by atoms with Gasteiger partial charge in [0.05, 0.1) is 12.1 Å². The molecule has 0 aliphatic carbocycles. The highest BCUT2D eigenvalue weighted by Gasteiger charge is 2.28. The summed E-state index contributed by atoms with van der Waals surface area (Å²) in [4.78, 5) is 60.7. The van der Waals surface area contributed by atoms with Crippen LogP contribution >= 0.6 is 0 Å². The molecule has 0 heterocycles. The quantitative estimate of drug-likeness (QED) is 0.0908. The van der Waals surface area contributed by atoms with Crippen LogP contribution in [-0.2, 0) is 24.0 Å². The SMILES string of the molecule is C[C@H](N)C(=O)N[C@@H](CCCCN)C(=O)N[C@@H](CCCCN)C(=O)N[C@@H](C)C(=O)N[C@@H](C)C=O. The monoisotopic (exact) mass is 471 g/mol. The third-order valence-corrected chi connectivity index (χ3v) is 4.90. The van der Waals surface area contributed by atoms with Crippen LogP contribution in [0.15, 0.2) is 0 Å². The lowest BCUT2D eigenvalue weighted by Crippen LogP contribution is -2.57. The van der Waals surface area contributed by atoms with Crippen LogP contribution in [0.4, 0.5) is 0 Å². The van der Waals surface area contributed by atoms with Gasteiger partial charge in [-0.05, 0) is 72.4 Å². The van der Waals surface area contributed by atoms with E-state index in [2.05, 4.69) is 21.3 Å². The lowest BCUT2D eigenvalue weighted by atomic mass is 10.0. The number of hydrogen-bond acceptors (Lipinski definition) is 8. The van der Waals surface area contributed by atoms with Crippen LogP contribution in [0.5, 0.6) is 0 Å². The summed E-state index contributed by atoms with van der Waals surface area (Å²) in [7, 11) is 0. The molecule has 0 aliphatic heterocycles. The third-order valence-electron chi connectivity index (χ3n) is 4.90. The second kappa shape index (κ2) is 17.0. The molecule has 0 rings (SSSR count). The van der Waals surface area contributed by atoms with Crippen molar-refractivity contribution in [1.29, 1.82) is 0 Å². The second-order valence-electron chi connectivity index (χ2n) is 8.14. The Bertz CT molecular complexity index is 644. The molecule has 33 heavy (non-hydrogen) atoms. The van der Waals surface area contributed by atoms with Crippen molar-refractivity contribution in [2.45, 2.75) is 89.5 Å². The van der Waals surface area contributed by atoms with Crippen molar-refractivity contribution in [2.75, 3.05) is 13.1 Å². The molecule has 0 fully saturated rings. The highest BCUT2D eigenvalue weighted by Crippen LogP contribution is 2.06. The third kappa shape index (κ3) is 12.9. The summed E-state index contributed by atoms with van der Waals surface area (Å²) in [5.41, 5.74) is 16.6. The standard InChI is InChI=1S/C21H41N7O5/c1-13(12-29)25-19(31)15(3)26-20(32)16(8-4-6-10-22)28-21(33)17(9-5-7-11-23)27-18(30)14(2)24/h12-17H,4-11,22-24H2,1-3H3,(H,25,31)(H,26,32)(H,27,30)(H,28,33)/t13-,14-,15-,16-,17-/m0/s1. The van der Waals surface area contributed by atoms with Crippen LogP contribution in [0.25, 0.3) is 0 Å². The van der Waals surface area contributed by atoms with Crippen molar-refractivity contribution in [3.05, 3.63) is 0 Å². The molecule has 0 radical (unpaired) electrons. The van der Waals surface area contributed by atoms with Crippen LogP contribution in [-0.4, -0.2) is 73.2 Å². The van der Waals surface area contributed by atoms with Crippen LogP contribution in [0.1, 0.15) is 59.3 Å². The Morgan fingerprint density at radius 2 is 1.15 bits per heavy atom. The van der Waals surface area contributed by atoms with E-state index in [1.807, 2.05) is 0 Å². The Morgan fingerprint density at radius 3 is 1.58 bits per heavy atom. The first kappa shape index (κ1) is 30.4. The molecule has 0 bridgehead atoms. The minimum atomic E-state index is -0.938. The van der Waals surface area contributed by atoms with Gasteiger partial charge in [0.2, 0.25) is 23.6 Å². The fraction of sp³-hybridized carbons (Fsp3) is 0.762. The lowest BCUT2D eigenvalue weighted by molar-refractivity contribution is -0.134. The van der Waals surface area contributed by atoms with Crippen molar-refractivity contribution in [3.63, 3.8) is 0 Å². The molecule has 0 aromatic heterocycles. The van der Waals surface area contributed by atoms with Gasteiger partial charge in [0.1, 0.15) is 24.4 Å². The van der Waals surface area contributed by atoms with Gasteiger partial charge in [-0.15, -0.1) is 0 Å². The number of nitrogens with one attached hydrogen (secondary N) is 4. The molecule has 0 aromatic rings. The number of unbranched alkanes of at least 4 members (excludes halogenated alkanes) is 2. The normalized spacial score (nSPS) is 15.3. The summed E-state index contributed by atoms with van der Waals surface area (Å²) in [5.74, 6) is -2.10. The largest absolute Gasteiger partial charge is 0.345 e. The van der Waals surface area contributed by atoms with Crippen molar-refractivity contribution in [3.8, 4) is 0 Å². The minimum Gasteiger partial charge on any atom is -0.345 e. The summed E-state index contributed by atoms with van der Waals surface area (Å²) in [5, 5.41) is 10.3. The van der Waals surface area contributed by atoms with Crippen molar-refractivity contribution < 1.29 is 24.0 Å². The van der Waals surface area contributed by atoms with Crippen LogP contribution in [0.2, 0.25) is 0 Å². The van der Waals surface area contributed by atoms with E-state index < -0.39 is 53.8 Å². The predicted molar refractivity (Wildman–Crippen MR) is 125 cm³/mol. The van der Waals surface area contributed by atoms with Gasteiger partial charge >= 0.3 is 0 Å². The number of aldehydes is 1. The van der Waals surface area contributed by atoms with Crippen molar-refractivity contribution in [2.24, 2.45) is 17.2 Å². The zero-order chi connectivity index (χ0) is 25.4. The number of carbonyl (C=O) groups is 5. The fourth-order valence-corrected chi connectivity index (χ4v) is 2.86. The molecule has 12 heteroatoms. The maximum absolute atomic E-state index is 12.9. The zero-order valence-corrected chi connectivity index (χ0v) is 19.9. The molecule has 0 aliphatic rings. The maximum Gasteiger partial charge on any atom is 0.243 e. The lowest BCUT2D eigenvalue weighted by Gasteiger charge is -2.25. The summed E-state index contributed by atoms with van der Waals surface area (Å²) >= 11 is 0. The Labute approximate surface area is 195 Å². The van der Waals surface area contributed by atoms with Crippen molar-refractivity contribution in [1.82, 2.24) is 21.3 Å². The molecule has 0 aromatic carbocycles. The molecular weight excluding hydrogens is 430 g/mol. The zero-order valence-electron chi connectivity index (χ0n) is 19.9. The smallest absolute Gasteiger partial charge is 0.243 e. The Kier molecular flexibility index (Phi) is 15.7. The topological polar surface area (TPSA) is 212 Å². The molecule has 10 N–H and O–H groups in total. The van der Waals surface area contributed by atoms with Gasteiger partial charge in [-0.2, -0.15) is 0 Å². The molecule has 0 saturated carbocycles. The molecule has 5 atom stereocenters. The van der Waals surface area contributed by atoms with Gasteiger partial charge in [0, 0.05) is 0 Å². The van der Waals surface area contributed by atoms with Gasteiger partial charge in [-0.25, -0.2) is 0 Å². The van der Waals surface area contributed by atoms with Crippen LogP contribution in [0.3, 0.4) is 0 Å². The summed E-state index contributed by atoms with van der Waals surface area (Å²) < 4.78 is 0. The van der Waals surface area contributed by atoms with Crippen LogP contribution in [0, 0.1) is 0 Å². The highest BCUT2D eigenvalue weighted by atomic mass is 16.2. The average molecular weight is 472 g/mol. The highest BCUT2D eigenvalue weighted by molar-refractivity contribution is 5.94. The first-order valence-electron chi connectivity index (χ1n) is 11.4. The van der Waals surface area contributed by atoms with E-state index in [1.165, 1.54) is 20.8 Å². The van der Waals surface area contributed by atoms with E-state index in [4.69, 9.17) is 17.2 Å². The number of nitrogens with two attached hydrogens (primary N) is 3. The number of carbonyl (C=O) groups excluding carboxylic acids is 5. The summed E-state index contributed by atoms with van der Waals surface area (Å²) in [6.07, 6.45) is 3.69. The first-order valence-corrected chi connectivity index (χ1v) is 11.4. The van der Waals surface area contributed by atoms with Gasteiger partial charge in [0.15, 0.2) is 0 Å². The Balaban J connectivity index is 5.31. The van der Waals surface area contributed by atoms with Gasteiger partial charge in [0.25, 0.3) is 0 Å². The molecule has 4 amide bonds. The summed E-state index contributed by atoms with van der Waals surface area (Å²) in [6, 6.07) is -4.24. The molecular formula is C21H41N7O5. The maximum atomic E-state index is 12.9. The first-order chi connectivity index (χ1) is 15.6. The van der Waals surface area contributed by atoms with E-state index in [1.54, 1.807) is 0 Å². The van der Waals surface area contributed by atoms with Gasteiger partial charge in [-0.1, -0.05) is 0 Å². The molecule has 190 valence electrons. The average Bonchev–Trinajstić information content (AvgIpc) is 2.77. The van der Waals surface area contributed by atoms with E-state index in [0.717, 1.165) is 0 Å². The van der Waals surface area contributed by atoms with Crippen molar-refractivity contribution >= 4 is 29.9 Å². The van der Waals surface area contributed by atoms with E-state index >= 15 is 0 Å². The van der Waals surface area contributed by atoms with Gasteiger partial charge in [-0.3, -0.25) is 19.2 Å². The van der Waals surface area contributed by atoms with Crippen LogP contribution < -0.4 is 38.5 Å². The summed E-state index contributed by atoms with van der Waals surface area (Å²) in [6.45, 7) is 5.36. The Morgan fingerprint density at radius 1 is 0.697 bits per heavy atom. The fourth-order valence-electron chi connectivity index (χ4n) is 2.86. The predicted octanol–water partition coefficient (Wildman–Crippen LogP) is -2.23. The molecule has 0 spiro atoms. The van der Waals surface area contributed by atoms with E-state index in [-0.39, 0.29) is 0 Å². The van der Waals surface area contributed by atoms with E-state index in [0.29, 0.717) is 57.9 Å². The number of rotatable bonds is 17. The number of amides is 4. The van der Waals surface area contributed by atoms with Gasteiger partial charge < -0.3 is 43.3 Å². The minimum absolute atomic E-state index is 0.296. The molecule has 0 unspecified atom stereocenters. The Hall–Kier alpha value is -2.57. The second-order valence-corrected chi connectivity index (χ2v) is 8.14. The molecule has 0 saturated heterocycles.